The average Bonchev–Trinajstić information content (AvgIpc) is 1.58. The second kappa shape index (κ2) is 35.8. The van der Waals surface area contributed by atoms with Crippen LogP contribution >= 0.6 is 77.2 Å². The molecule has 4 nitrogen and oxygen atoms in total. The van der Waals surface area contributed by atoms with Gasteiger partial charge in [-0.1, -0.05) is 255 Å². The van der Waals surface area contributed by atoms with Crippen molar-refractivity contribution in [3.63, 3.8) is 0 Å². The predicted octanol–water partition coefficient (Wildman–Crippen LogP) is 33.6. The van der Waals surface area contributed by atoms with Crippen LogP contribution in [0.1, 0.15) is 0 Å². The van der Waals surface area contributed by atoms with Crippen LogP contribution in [0.25, 0.3) is 84.2 Å². The summed E-state index contributed by atoms with van der Waals surface area (Å²) in [6, 6.07) is 153. The van der Waals surface area contributed by atoms with Crippen molar-refractivity contribution in [2.24, 2.45) is 0 Å². The third kappa shape index (κ3) is 16.9. The minimum atomic E-state index is -1.71. The Morgan fingerprint density at radius 1 is 0.181 bits per heavy atom. The molecule has 0 saturated heterocycles. The summed E-state index contributed by atoms with van der Waals surface area (Å²) < 4.78 is 9.08. The summed E-state index contributed by atoms with van der Waals surface area (Å²) in [5.74, 6) is 0. The Kier molecular flexibility index (Phi) is 23.8. The number of rotatable bonds is 19. The second-order valence-electron chi connectivity index (χ2n) is 29.0. The van der Waals surface area contributed by atoms with E-state index in [-0.39, 0.29) is 0 Å². The largest absolute Gasteiger partial charge is 0.311 e. The summed E-state index contributed by atoms with van der Waals surface area (Å²) in [6.07, 6.45) is 0. The Morgan fingerprint density at radius 2 is 0.353 bits per heavy atom. The number of halogens is 2. The van der Waals surface area contributed by atoms with Crippen molar-refractivity contribution in [1.29, 1.82) is 0 Å². The number of thiophene rings is 4. The van der Waals surface area contributed by atoms with Gasteiger partial charge in [0, 0.05) is 100 Å². The predicted molar refractivity (Wildman–Crippen MR) is 516 cm³/mol. The number of anilines is 12. The van der Waals surface area contributed by atoms with E-state index in [1.54, 1.807) is 26.3 Å². The molecular formula is C105H80Br2N4S4Sn. The van der Waals surface area contributed by atoms with Crippen molar-refractivity contribution in [3.8, 4) is 65.4 Å². The molecule has 19 aromatic rings. The molecule has 0 aliphatic rings. The van der Waals surface area contributed by atoms with E-state index in [1.807, 2.05) is 22.7 Å². The van der Waals surface area contributed by atoms with Gasteiger partial charge >= 0.3 is 67.1 Å². The van der Waals surface area contributed by atoms with Crippen molar-refractivity contribution in [3.05, 3.63) is 438 Å². The Bertz CT molecular complexity index is 5850. The van der Waals surface area contributed by atoms with Gasteiger partial charge in [0.25, 0.3) is 0 Å². The molecule has 0 fully saturated rings. The molecule has 19 rings (SSSR count). The first-order chi connectivity index (χ1) is 57.1. The van der Waals surface area contributed by atoms with Gasteiger partial charge in [0.15, 0.2) is 0 Å². The number of hydrogen-bond acceptors (Lipinski definition) is 8. The van der Waals surface area contributed by atoms with E-state index in [2.05, 4.69) is 497 Å². The molecule has 0 spiro atoms. The van der Waals surface area contributed by atoms with Crippen molar-refractivity contribution >= 4 is 186 Å². The minimum Gasteiger partial charge on any atom is -0.311 e. The molecule has 0 unspecified atom stereocenters. The smallest absolute Gasteiger partial charge is 0.0548 e. The molecule has 0 amide bonds. The van der Waals surface area contributed by atoms with Crippen LogP contribution in [0.3, 0.4) is 0 Å². The van der Waals surface area contributed by atoms with E-state index >= 15 is 0 Å². The van der Waals surface area contributed by atoms with Crippen molar-refractivity contribution in [2.75, 3.05) is 19.6 Å². The fraction of sp³-hybridized carbons (Fsp3) is 0.0286. The summed E-state index contributed by atoms with van der Waals surface area (Å²) in [4.78, 5) is 19.1. The molecule has 0 N–H and O–H groups in total. The summed E-state index contributed by atoms with van der Waals surface area (Å²) in [5, 5.41) is 0. The molecule has 4 heterocycles. The van der Waals surface area contributed by atoms with E-state index < -0.39 is 18.4 Å². The van der Waals surface area contributed by atoms with Crippen LogP contribution in [-0.4, -0.2) is 18.4 Å². The maximum Gasteiger partial charge on any atom is 0.0548 e. The van der Waals surface area contributed by atoms with Crippen molar-refractivity contribution in [2.45, 2.75) is 14.8 Å². The maximum absolute atomic E-state index is 3.95. The van der Waals surface area contributed by atoms with Crippen molar-refractivity contribution < 1.29 is 0 Å². The van der Waals surface area contributed by atoms with Gasteiger partial charge in [0.05, 0.1) is 26.4 Å². The Hall–Kier alpha value is -11.4. The third-order valence-corrected chi connectivity index (χ3v) is 32.9. The van der Waals surface area contributed by atoms with Crippen LogP contribution in [0.5, 0.6) is 0 Å². The van der Waals surface area contributed by atoms with E-state index in [9.17, 15) is 0 Å². The number of hydrogen-bond donors (Lipinski definition) is 0. The summed E-state index contributed by atoms with van der Waals surface area (Å²) in [7, 11) is 0. The first-order valence-corrected chi connectivity index (χ1v) is 53.6. The van der Waals surface area contributed by atoms with Gasteiger partial charge in [0.1, 0.15) is 0 Å². The van der Waals surface area contributed by atoms with Crippen LogP contribution in [0.2, 0.25) is 14.8 Å². The SMILES string of the molecule is Brc1sc2c(-c3ccc(N(c4ccccc4)c4ccccc4)cc3)c(Br)sc2c1-c1ccc(N(c2ccccc2)c2ccccc2)cc1.[CH3][Sn]([CH3])([CH3])[c]1ccccc1.c1ccc(-c2sc3c(-c4ccc(N(c5ccccc5)c5ccccc5)cc4)c(-c4ccccc4)sc3c2-c2ccc(N(c3ccccc3)c3ccccc3)cc2)cc1. The van der Waals surface area contributed by atoms with Crippen LogP contribution < -0.4 is 23.2 Å². The maximum atomic E-state index is 3.95. The van der Waals surface area contributed by atoms with E-state index in [0.717, 1.165) is 75.8 Å². The molecule has 0 atom stereocenters. The van der Waals surface area contributed by atoms with Crippen LogP contribution in [0.15, 0.2) is 438 Å². The molecule has 0 aliphatic heterocycles. The molecule has 11 heteroatoms. The molecule has 0 radical (unpaired) electrons. The molecule has 562 valence electrons. The summed E-state index contributed by atoms with van der Waals surface area (Å²) in [5.41, 5.74) is 25.8. The Balaban J connectivity index is 0.000000151. The Labute approximate surface area is 717 Å². The van der Waals surface area contributed by atoms with Gasteiger partial charge in [-0.3, -0.25) is 0 Å². The zero-order chi connectivity index (χ0) is 78.7. The summed E-state index contributed by atoms with van der Waals surface area (Å²) >= 11 is 13.6. The van der Waals surface area contributed by atoms with Gasteiger partial charge in [-0.15, -0.1) is 45.3 Å². The molecule has 0 saturated carbocycles. The fourth-order valence-corrected chi connectivity index (χ4v) is 25.7. The number of nitrogens with zero attached hydrogens (tertiary/aromatic N) is 4. The van der Waals surface area contributed by atoms with E-state index in [0.29, 0.717) is 0 Å². The Morgan fingerprint density at radius 3 is 0.552 bits per heavy atom. The van der Waals surface area contributed by atoms with Gasteiger partial charge in [-0.25, -0.2) is 0 Å². The van der Waals surface area contributed by atoms with Crippen molar-refractivity contribution in [1.82, 2.24) is 0 Å². The zero-order valence-electron chi connectivity index (χ0n) is 64.2. The van der Waals surface area contributed by atoms with E-state index in [1.165, 1.54) is 84.2 Å². The molecule has 0 aliphatic carbocycles. The van der Waals surface area contributed by atoms with E-state index in [4.69, 9.17) is 0 Å². The van der Waals surface area contributed by atoms with Crippen LogP contribution in [0.4, 0.5) is 68.2 Å². The quantitative estimate of drug-likeness (QED) is 0.0748. The molecule has 15 aromatic carbocycles. The first-order valence-electron chi connectivity index (χ1n) is 38.7. The van der Waals surface area contributed by atoms with Crippen LogP contribution in [0, 0.1) is 0 Å². The molecule has 4 aromatic heterocycles. The third-order valence-electron chi connectivity index (χ3n) is 20.4. The number of fused-ring (bicyclic) bond motifs is 2. The normalized spacial score (nSPS) is 11.1. The number of para-hydroxylation sites is 8. The molecule has 0 bridgehead atoms. The molecular weight excluding hydrogens is 1720 g/mol. The molecule has 116 heavy (non-hydrogen) atoms. The average molecular weight is 1800 g/mol. The van der Waals surface area contributed by atoms with Crippen LogP contribution in [-0.2, 0) is 0 Å². The van der Waals surface area contributed by atoms with Gasteiger partial charge in [0.2, 0.25) is 0 Å². The fourth-order valence-electron chi connectivity index (χ4n) is 14.9. The van der Waals surface area contributed by atoms with Gasteiger partial charge < -0.3 is 19.6 Å². The number of benzene rings is 15. The summed E-state index contributed by atoms with van der Waals surface area (Å²) in [6.45, 7) is 0. The second-order valence-corrected chi connectivity index (χ2v) is 50.2. The topological polar surface area (TPSA) is 13.0 Å². The standard InChI is InChI=1S/C54H38N2S2.C42H28Br2N2S2.C6H5.3CH3.Sn/c1-7-19-41(20-8-1)51-49(39-31-35-47(36-32-39)55(43-23-11-3-12-24-43)44-25-13-4-14-26-44)53-54(57-51)50(52(58-53)42-21-9-2-10-22-42)40-33-37-48(38-34-40)56(45-27-15-5-16-28-45)46-29-17-6-18-30-46;43-41-37(29-21-25-35(26-22-29)45(31-13-5-1-6-14-31)32-15-7-2-8-16-32)39-40(48-41)38(42(44)47-39)30-23-27-36(28-24-30)46(33-17-9-3-10-18-33)34-19-11-4-12-20-34;1-2-4-6-5-3-1;;;;/h1-38H;1-28H;1-5H;3*1H3;. The van der Waals surface area contributed by atoms with Gasteiger partial charge in [-0.2, -0.15) is 0 Å². The monoisotopic (exact) mass is 1800 g/mol. The first kappa shape index (κ1) is 77.2. The zero-order valence-corrected chi connectivity index (χ0v) is 73.5. The van der Waals surface area contributed by atoms with Gasteiger partial charge in [-0.05, 0) is 211 Å². The minimum absolute atomic E-state index is 1.12.